The number of benzene rings is 2. The summed E-state index contributed by atoms with van der Waals surface area (Å²) in [6, 6.07) is 16.2. The van der Waals surface area contributed by atoms with Crippen molar-refractivity contribution in [2.75, 3.05) is 0 Å². The number of hydrogen-bond donors (Lipinski definition) is 2. The van der Waals surface area contributed by atoms with Crippen molar-refractivity contribution in [3.05, 3.63) is 90.4 Å². The standard InChI is InChI=1S/C24H12Cl2N4O4S2/c25-13-5-1-3-11(7-13)17-15(9-27)21(31)29-23(33)19(17)35-36-20-18(12-4-2-6-14(26)8-12)16(10-28)22(32)30-24(20)34/h1-8H,(H2,29,31,33)(H2,30,32,34)/p-2. The van der Waals surface area contributed by atoms with Crippen LogP contribution in [0, 0.1) is 22.7 Å². The van der Waals surface area contributed by atoms with Crippen molar-refractivity contribution in [2.45, 2.75) is 9.79 Å². The van der Waals surface area contributed by atoms with E-state index in [0.29, 0.717) is 21.2 Å². The maximum absolute atomic E-state index is 12.8. The largest absolute Gasteiger partial charge is 0.859 e. The average molecular weight is 553 g/mol. The number of pyridine rings is 2. The Labute approximate surface area is 221 Å². The van der Waals surface area contributed by atoms with Crippen LogP contribution in [0.4, 0.5) is 0 Å². The van der Waals surface area contributed by atoms with Gasteiger partial charge in [-0.3, -0.25) is 9.59 Å². The van der Waals surface area contributed by atoms with Crippen LogP contribution in [0.1, 0.15) is 11.1 Å². The zero-order valence-corrected chi connectivity index (χ0v) is 20.9. The maximum atomic E-state index is 12.8. The minimum absolute atomic E-state index is 0.0421. The Kier molecular flexibility index (Phi) is 7.34. The first-order valence-corrected chi connectivity index (χ1v) is 12.8. The van der Waals surface area contributed by atoms with E-state index in [0.717, 1.165) is 21.6 Å². The molecular formula is C24H10Cl2N4O4S2-2. The molecule has 0 bridgehead atoms. The summed E-state index contributed by atoms with van der Waals surface area (Å²) in [6.45, 7) is 0. The smallest absolute Gasteiger partial charge is 0.262 e. The molecule has 2 N–H and O–H groups in total. The van der Waals surface area contributed by atoms with E-state index in [1.165, 1.54) is 12.1 Å². The fourth-order valence-corrected chi connectivity index (χ4v) is 6.28. The van der Waals surface area contributed by atoms with Gasteiger partial charge in [0.1, 0.15) is 12.1 Å². The first-order chi connectivity index (χ1) is 17.2. The molecule has 2 aromatic carbocycles. The number of nitriles is 2. The van der Waals surface area contributed by atoms with Crippen LogP contribution in [-0.2, 0) is 0 Å². The zero-order chi connectivity index (χ0) is 26.0. The van der Waals surface area contributed by atoms with Crippen molar-refractivity contribution in [3.8, 4) is 46.2 Å². The minimum Gasteiger partial charge on any atom is -0.859 e. The van der Waals surface area contributed by atoms with Crippen LogP contribution in [0.3, 0.4) is 0 Å². The van der Waals surface area contributed by atoms with Gasteiger partial charge in [-0.2, -0.15) is 10.5 Å². The molecule has 2 aromatic heterocycles. The summed E-state index contributed by atoms with van der Waals surface area (Å²) in [6.07, 6.45) is 0. The van der Waals surface area contributed by atoms with Crippen LogP contribution in [0.2, 0.25) is 10.0 Å². The Hall–Kier alpha value is -3.80. The molecule has 0 aliphatic carbocycles. The first kappa shape index (κ1) is 25.3. The Balaban J connectivity index is 1.92. The number of hydrogen-bond acceptors (Lipinski definition) is 8. The lowest BCUT2D eigenvalue weighted by Gasteiger charge is -2.18. The van der Waals surface area contributed by atoms with Crippen molar-refractivity contribution in [3.63, 3.8) is 0 Å². The average Bonchev–Trinajstić information content (AvgIpc) is 2.83. The Bertz CT molecular complexity index is 1590. The Morgan fingerprint density at radius 1 is 0.722 bits per heavy atom. The number of nitrogens with zero attached hydrogens (tertiary/aromatic N) is 2. The molecule has 0 amide bonds. The van der Waals surface area contributed by atoms with Crippen LogP contribution >= 0.6 is 44.8 Å². The maximum Gasteiger partial charge on any atom is 0.262 e. The second kappa shape index (κ2) is 10.4. The second-order valence-corrected chi connectivity index (χ2v) is 10.2. The van der Waals surface area contributed by atoms with Gasteiger partial charge >= 0.3 is 0 Å². The van der Waals surface area contributed by atoms with Gasteiger partial charge < -0.3 is 20.2 Å². The van der Waals surface area contributed by atoms with Gasteiger partial charge in [-0.05, 0) is 68.7 Å². The monoisotopic (exact) mass is 552 g/mol. The van der Waals surface area contributed by atoms with Crippen molar-refractivity contribution >= 4 is 44.8 Å². The van der Waals surface area contributed by atoms with E-state index in [4.69, 9.17) is 23.2 Å². The quantitative estimate of drug-likeness (QED) is 0.344. The molecule has 2 heterocycles. The highest BCUT2D eigenvalue weighted by Gasteiger charge is 2.22. The molecule has 0 fully saturated rings. The topological polar surface area (TPSA) is 159 Å². The molecule has 4 rings (SSSR count). The first-order valence-electron chi connectivity index (χ1n) is 9.86. The third kappa shape index (κ3) is 4.81. The molecule has 0 saturated heterocycles. The molecule has 8 nitrogen and oxygen atoms in total. The molecular weight excluding hydrogens is 543 g/mol. The molecule has 12 heteroatoms. The van der Waals surface area contributed by atoms with E-state index in [9.17, 15) is 30.3 Å². The summed E-state index contributed by atoms with van der Waals surface area (Å²) in [4.78, 5) is 29.8. The molecule has 0 saturated carbocycles. The van der Waals surface area contributed by atoms with E-state index in [1.807, 2.05) is 12.1 Å². The number of rotatable bonds is 5. The third-order valence-electron chi connectivity index (χ3n) is 4.93. The van der Waals surface area contributed by atoms with Gasteiger partial charge in [0.2, 0.25) is 0 Å². The molecule has 0 aliphatic rings. The van der Waals surface area contributed by atoms with Crippen LogP contribution in [0.25, 0.3) is 22.3 Å². The predicted molar refractivity (Wildman–Crippen MR) is 135 cm³/mol. The van der Waals surface area contributed by atoms with Crippen LogP contribution < -0.4 is 21.3 Å². The summed E-state index contributed by atoms with van der Waals surface area (Å²) >= 11 is 12.2. The number of aromatic nitrogens is 2. The van der Waals surface area contributed by atoms with E-state index >= 15 is 0 Å². The number of aromatic amines is 2. The molecule has 0 spiro atoms. The second-order valence-electron chi connectivity index (χ2n) is 7.14. The number of halogens is 2. The highest BCUT2D eigenvalue weighted by Crippen LogP contribution is 2.45. The summed E-state index contributed by atoms with van der Waals surface area (Å²) in [5, 5.41) is 44.6. The lowest BCUT2D eigenvalue weighted by atomic mass is 10.0. The van der Waals surface area contributed by atoms with Crippen LogP contribution in [-0.4, -0.2) is 9.97 Å². The Morgan fingerprint density at radius 3 is 1.44 bits per heavy atom. The molecule has 36 heavy (non-hydrogen) atoms. The van der Waals surface area contributed by atoms with Crippen molar-refractivity contribution in [1.29, 1.82) is 10.5 Å². The van der Waals surface area contributed by atoms with E-state index in [2.05, 4.69) is 9.97 Å². The van der Waals surface area contributed by atoms with Crippen LogP contribution in [0.5, 0.6) is 11.8 Å². The SMILES string of the molecule is N#Cc1c([O-])[nH]c(=O)c(SSc2c(-c3cccc(Cl)c3)c(C#N)c([O-])[nH]c2=O)c1-c1cccc(Cl)c1. The highest BCUT2D eigenvalue weighted by molar-refractivity contribution is 8.76. The fourth-order valence-electron chi connectivity index (χ4n) is 3.42. The van der Waals surface area contributed by atoms with Crippen molar-refractivity contribution in [2.24, 2.45) is 0 Å². The van der Waals surface area contributed by atoms with Gasteiger partial charge in [0, 0.05) is 21.2 Å². The summed E-state index contributed by atoms with van der Waals surface area (Å²) in [7, 11) is 1.59. The third-order valence-corrected chi connectivity index (χ3v) is 7.85. The van der Waals surface area contributed by atoms with Crippen molar-refractivity contribution in [1.82, 2.24) is 9.97 Å². The van der Waals surface area contributed by atoms with Gasteiger partial charge in [-0.25, -0.2) is 0 Å². The van der Waals surface area contributed by atoms with Gasteiger partial charge in [-0.15, -0.1) is 0 Å². The molecule has 178 valence electrons. The molecule has 4 aromatic rings. The molecule has 0 unspecified atom stereocenters. The van der Waals surface area contributed by atoms with Gasteiger partial charge in [0.25, 0.3) is 11.1 Å². The highest BCUT2D eigenvalue weighted by atomic mass is 35.5. The molecule has 0 atom stereocenters. The predicted octanol–water partition coefficient (Wildman–Crippen LogP) is 4.39. The number of nitrogens with one attached hydrogen (secondary N) is 2. The van der Waals surface area contributed by atoms with Gasteiger partial charge in [-0.1, -0.05) is 47.5 Å². The lowest BCUT2D eigenvalue weighted by molar-refractivity contribution is -0.276. The Morgan fingerprint density at radius 2 is 1.11 bits per heavy atom. The fraction of sp³-hybridized carbons (Fsp3) is 0. The van der Waals surface area contributed by atoms with Crippen molar-refractivity contribution < 1.29 is 10.2 Å². The van der Waals surface area contributed by atoms with E-state index < -0.39 is 22.9 Å². The minimum atomic E-state index is -0.869. The van der Waals surface area contributed by atoms with Gasteiger partial charge in [0.15, 0.2) is 0 Å². The summed E-state index contributed by atoms with van der Waals surface area (Å²) in [5.74, 6) is -1.74. The summed E-state index contributed by atoms with van der Waals surface area (Å²) in [5.41, 5.74) is -1.39. The molecule has 0 radical (unpaired) electrons. The normalized spacial score (nSPS) is 10.6. The lowest BCUT2D eigenvalue weighted by Crippen LogP contribution is -2.16. The zero-order valence-electron chi connectivity index (χ0n) is 17.7. The van der Waals surface area contributed by atoms with E-state index in [1.54, 1.807) is 36.4 Å². The molecule has 0 aliphatic heterocycles. The number of H-pyrrole nitrogens is 2. The van der Waals surface area contributed by atoms with E-state index in [-0.39, 0.29) is 32.0 Å². The van der Waals surface area contributed by atoms with Gasteiger partial charge in [0.05, 0.1) is 20.9 Å². The van der Waals surface area contributed by atoms with Crippen LogP contribution in [0.15, 0.2) is 67.9 Å². The summed E-state index contributed by atoms with van der Waals surface area (Å²) < 4.78 is 0.